The second-order valence-corrected chi connectivity index (χ2v) is 7.92. The van der Waals surface area contributed by atoms with E-state index in [0.29, 0.717) is 6.54 Å². The Morgan fingerprint density at radius 2 is 2.00 bits per heavy atom. The van der Waals surface area contributed by atoms with Crippen molar-refractivity contribution in [1.82, 2.24) is 10.3 Å². The number of thiazole rings is 1. The third-order valence-electron chi connectivity index (χ3n) is 3.03. The van der Waals surface area contributed by atoms with Crippen LogP contribution in [0, 0.1) is 6.92 Å². The van der Waals surface area contributed by atoms with E-state index in [9.17, 15) is 8.42 Å². The molecule has 0 aliphatic carbocycles. The molecule has 0 fully saturated rings. The van der Waals surface area contributed by atoms with Crippen molar-refractivity contribution >= 4 is 21.2 Å². The van der Waals surface area contributed by atoms with E-state index in [0.717, 1.165) is 16.1 Å². The van der Waals surface area contributed by atoms with E-state index >= 15 is 0 Å². The molecule has 1 heterocycles. The van der Waals surface area contributed by atoms with E-state index < -0.39 is 9.84 Å². The number of nitrogens with zero attached hydrogens (tertiary/aromatic N) is 1. The minimum Gasteiger partial charge on any atom is -0.304 e. The highest BCUT2D eigenvalue weighted by atomic mass is 32.2. The zero-order valence-electron chi connectivity index (χ0n) is 11.5. The quantitative estimate of drug-likeness (QED) is 0.889. The fourth-order valence-corrected chi connectivity index (χ4v) is 3.62. The van der Waals surface area contributed by atoms with Crippen LogP contribution in [-0.4, -0.2) is 25.4 Å². The molecule has 0 saturated carbocycles. The van der Waals surface area contributed by atoms with E-state index in [2.05, 4.69) is 10.3 Å². The summed E-state index contributed by atoms with van der Waals surface area (Å²) in [6.45, 7) is 2.59. The largest absolute Gasteiger partial charge is 0.304 e. The highest BCUT2D eigenvalue weighted by Crippen LogP contribution is 2.18. The number of benzene rings is 1. The van der Waals surface area contributed by atoms with Crippen LogP contribution in [0.5, 0.6) is 0 Å². The first kappa shape index (κ1) is 15.2. The Balaban J connectivity index is 2.13. The molecule has 0 aliphatic rings. The maximum Gasteiger partial charge on any atom is 0.149 e. The lowest BCUT2D eigenvalue weighted by Gasteiger charge is -2.18. The first-order valence-electron chi connectivity index (χ1n) is 6.31. The van der Waals surface area contributed by atoms with Crippen LogP contribution in [0.4, 0.5) is 0 Å². The zero-order valence-corrected chi connectivity index (χ0v) is 13.2. The molecule has 2 aromatic rings. The zero-order chi connectivity index (χ0) is 14.6. The average Bonchev–Trinajstić information content (AvgIpc) is 2.80. The van der Waals surface area contributed by atoms with Crippen molar-refractivity contribution in [3.8, 4) is 0 Å². The Labute approximate surface area is 123 Å². The van der Waals surface area contributed by atoms with E-state index in [-0.39, 0.29) is 11.8 Å². The summed E-state index contributed by atoms with van der Waals surface area (Å²) in [5.74, 6) is 0.0921. The molecule has 1 atom stereocenters. The monoisotopic (exact) mass is 310 g/mol. The van der Waals surface area contributed by atoms with Crippen molar-refractivity contribution in [2.24, 2.45) is 0 Å². The average molecular weight is 310 g/mol. The van der Waals surface area contributed by atoms with Gasteiger partial charge < -0.3 is 5.32 Å². The Kier molecular flexibility index (Phi) is 4.91. The number of hydrogen-bond donors (Lipinski definition) is 1. The molecule has 108 valence electrons. The van der Waals surface area contributed by atoms with Gasteiger partial charge in [-0.3, -0.25) is 0 Å². The molecule has 6 heteroatoms. The number of aryl methyl sites for hydroxylation is 1. The molecule has 1 N–H and O–H groups in total. The molecule has 0 saturated heterocycles. The molecule has 1 aromatic carbocycles. The Hall–Kier alpha value is -1.24. The molecule has 4 nitrogen and oxygen atoms in total. The standard InChI is InChI=1S/C14H18N2O2S2/c1-11-14(19-10-16-11)8-15-13(9-20(2,17)18)12-6-4-3-5-7-12/h3-7,10,13,15H,8-9H2,1-2H3/t13-/m1/s1. The Morgan fingerprint density at radius 3 is 2.55 bits per heavy atom. The summed E-state index contributed by atoms with van der Waals surface area (Å²) in [6, 6.07) is 9.46. The second-order valence-electron chi connectivity index (χ2n) is 4.80. The number of sulfone groups is 1. The van der Waals surface area contributed by atoms with Crippen LogP contribution >= 0.6 is 11.3 Å². The fraction of sp³-hybridized carbons (Fsp3) is 0.357. The minimum absolute atomic E-state index is 0.0921. The van der Waals surface area contributed by atoms with Crippen molar-refractivity contribution in [3.63, 3.8) is 0 Å². The maximum absolute atomic E-state index is 11.6. The minimum atomic E-state index is -3.05. The fourth-order valence-electron chi connectivity index (χ4n) is 1.97. The van der Waals surface area contributed by atoms with E-state index in [4.69, 9.17) is 0 Å². The highest BCUT2D eigenvalue weighted by molar-refractivity contribution is 7.90. The van der Waals surface area contributed by atoms with Gasteiger partial charge in [0, 0.05) is 23.7 Å². The topological polar surface area (TPSA) is 59.1 Å². The molecule has 20 heavy (non-hydrogen) atoms. The molecule has 0 spiro atoms. The van der Waals surface area contributed by atoms with Crippen LogP contribution in [0.2, 0.25) is 0 Å². The highest BCUT2D eigenvalue weighted by Gasteiger charge is 2.17. The molecule has 0 unspecified atom stereocenters. The van der Waals surface area contributed by atoms with Crippen LogP contribution < -0.4 is 5.32 Å². The van der Waals surface area contributed by atoms with Gasteiger partial charge in [0.1, 0.15) is 9.84 Å². The van der Waals surface area contributed by atoms with E-state index in [1.54, 1.807) is 16.8 Å². The van der Waals surface area contributed by atoms with Gasteiger partial charge in [0.15, 0.2) is 0 Å². The predicted molar refractivity (Wildman–Crippen MR) is 82.6 cm³/mol. The van der Waals surface area contributed by atoms with Gasteiger partial charge in [-0.15, -0.1) is 11.3 Å². The summed E-state index contributed by atoms with van der Waals surface area (Å²) >= 11 is 1.58. The lowest BCUT2D eigenvalue weighted by molar-refractivity contribution is 0.552. The first-order chi connectivity index (χ1) is 9.46. The van der Waals surface area contributed by atoms with E-state index in [1.807, 2.05) is 37.3 Å². The van der Waals surface area contributed by atoms with E-state index in [1.165, 1.54) is 6.26 Å². The predicted octanol–water partition coefficient (Wildman–Crippen LogP) is 2.33. The summed E-state index contributed by atoms with van der Waals surface area (Å²) in [5.41, 5.74) is 3.79. The van der Waals surface area contributed by atoms with Crippen molar-refractivity contribution in [2.75, 3.05) is 12.0 Å². The third kappa shape index (κ3) is 4.40. The molecule has 1 aromatic heterocycles. The van der Waals surface area contributed by atoms with Crippen LogP contribution in [-0.2, 0) is 16.4 Å². The van der Waals surface area contributed by atoms with Gasteiger partial charge in [-0.2, -0.15) is 0 Å². The van der Waals surface area contributed by atoms with Crippen molar-refractivity contribution in [1.29, 1.82) is 0 Å². The molecule has 0 aliphatic heterocycles. The normalized spacial score (nSPS) is 13.3. The van der Waals surface area contributed by atoms with Gasteiger partial charge in [-0.05, 0) is 12.5 Å². The second kappa shape index (κ2) is 6.47. The molecule has 0 bridgehead atoms. The van der Waals surface area contributed by atoms with Gasteiger partial charge in [-0.25, -0.2) is 13.4 Å². The molecule has 0 amide bonds. The summed E-state index contributed by atoms with van der Waals surface area (Å²) < 4.78 is 23.2. The molecular weight excluding hydrogens is 292 g/mol. The van der Waals surface area contributed by atoms with Crippen LogP contribution in [0.25, 0.3) is 0 Å². The SMILES string of the molecule is Cc1ncsc1CN[C@H](CS(C)(=O)=O)c1ccccc1. The lowest BCUT2D eigenvalue weighted by atomic mass is 10.1. The first-order valence-corrected chi connectivity index (χ1v) is 9.25. The summed E-state index contributed by atoms with van der Waals surface area (Å²) in [5, 5.41) is 3.33. The smallest absolute Gasteiger partial charge is 0.149 e. The van der Waals surface area contributed by atoms with Crippen LogP contribution in [0.3, 0.4) is 0 Å². The van der Waals surface area contributed by atoms with Crippen molar-refractivity contribution in [2.45, 2.75) is 19.5 Å². The van der Waals surface area contributed by atoms with Gasteiger partial charge in [-0.1, -0.05) is 30.3 Å². The number of nitrogens with one attached hydrogen (secondary N) is 1. The third-order valence-corrected chi connectivity index (χ3v) is 4.90. The molecule has 2 rings (SSSR count). The van der Waals surface area contributed by atoms with Gasteiger partial charge in [0.25, 0.3) is 0 Å². The van der Waals surface area contributed by atoms with Crippen LogP contribution in [0.1, 0.15) is 22.2 Å². The maximum atomic E-state index is 11.6. The summed E-state index contributed by atoms with van der Waals surface area (Å²) in [7, 11) is -3.05. The van der Waals surface area contributed by atoms with Crippen molar-refractivity contribution < 1.29 is 8.42 Å². The summed E-state index contributed by atoms with van der Waals surface area (Å²) in [4.78, 5) is 5.34. The molecular formula is C14H18N2O2S2. The molecule has 0 radical (unpaired) electrons. The summed E-state index contributed by atoms with van der Waals surface area (Å²) in [6.07, 6.45) is 1.27. The number of aromatic nitrogens is 1. The Bertz CT molecular complexity index is 651. The van der Waals surface area contributed by atoms with Gasteiger partial charge >= 0.3 is 0 Å². The van der Waals surface area contributed by atoms with Gasteiger partial charge in [0.05, 0.1) is 17.0 Å². The lowest BCUT2D eigenvalue weighted by Crippen LogP contribution is -2.27. The van der Waals surface area contributed by atoms with Gasteiger partial charge in [0.2, 0.25) is 0 Å². The van der Waals surface area contributed by atoms with Crippen LogP contribution in [0.15, 0.2) is 35.8 Å². The number of hydrogen-bond acceptors (Lipinski definition) is 5. The number of rotatable bonds is 6. The van der Waals surface area contributed by atoms with Crippen molar-refractivity contribution in [3.05, 3.63) is 52.0 Å². The Morgan fingerprint density at radius 1 is 1.30 bits per heavy atom.